The Hall–Kier alpha value is -2.10. The van der Waals surface area contributed by atoms with Crippen molar-refractivity contribution in [3.8, 4) is 0 Å². The molecule has 2 aliphatic heterocycles. The van der Waals surface area contributed by atoms with Crippen molar-refractivity contribution in [2.75, 3.05) is 19.6 Å². The molecule has 0 saturated carbocycles. The zero-order valence-electron chi connectivity index (χ0n) is 14.7. The van der Waals surface area contributed by atoms with Gasteiger partial charge in [-0.1, -0.05) is 0 Å². The zero-order valence-corrected chi connectivity index (χ0v) is 14.7. The van der Waals surface area contributed by atoms with Crippen LogP contribution < -0.4 is 0 Å². The van der Waals surface area contributed by atoms with E-state index < -0.39 is 12.1 Å². The lowest BCUT2D eigenvalue weighted by Gasteiger charge is -2.36. The van der Waals surface area contributed by atoms with Gasteiger partial charge in [0, 0.05) is 51.4 Å². The van der Waals surface area contributed by atoms with Crippen LogP contribution in [0, 0.1) is 5.92 Å². The number of aryl methyl sites for hydroxylation is 1. The van der Waals surface area contributed by atoms with Crippen LogP contribution in [-0.2, 0) is 23.2 Å². The predicted octanol–water partition coefficient (Wildman–Crippen LogP) is 1.50. The molecule has 1 N–H and O–H groups in total. The summed E-state index contributed by atoms with van der Waals surface area (Å²) in [6.45, 7) is 5.63. The van der Waals surface area contributed by atoms with Gasteiger partial charge in [-0.2, -0.15) is 18.3 Å². The van der Waals surface area contributed by atoms with E-state index >= 15 is 0 Å². The Labute approximate surface area is 149 Å². The molecule has 0 radical (unpaired) electrons. The summed E-state index contributed by atoms with van der Waals surface area (Å²) in [6.07, 6.45) is 1.45. The molecule has 2 saturated heterocycles. The van der Waals surface area contributed by atoms with E-state index in [2.05, 4.69) is 16.2 Å². The van der Waals surface area contributed by atoms with Crippen molar-refractivity contribution in [1.82, 2.24) is 19.6 Å². The van der Waals surface area contributed by atoms with Crippen LogP contribution >= 0.6 is 0 Å². The van der Waals surface area contributed by atoms with Crippen LogP contribution in [0.5, 0.6) is 0 Å². The van der Waals surface area contributed by atoms with Crippen molar-refractivity contribution in [3.05, 3.63) is 18.0 Å². The second kappa shape index (κ2) is 8.07. The Balaban J connectivity index is 0.000000298. The first kappa shape index (κ1) is 20.2. The lowest BCUT2D eigenvalue weighted by molar-refractivity contribution is -0.192. The van der Waals surface area contributed by atoms with Gasteiger partial charge in [0.05, 0.1) is 6.20 Å². The topological polar surface area (TPSA) is 78.7 Å². The zero-order chi connectivity index (χ0) is 19.5. The quantitative estimate of drug-likeness (QED) is 0.846. The first-order valence-electron chi connectivity index (χ1n) is 8.35. The van der Waals surface area contributed by atoms with Gasteiger partial charge in [-0.25, -0.2) is 4.79 Å². The highest BCUT2D eigenvalue weighted by molar-refractivity contribution is 5.73. The number of fused-ring (bicyclic) bond motifs is 1. The van der Waals surface area contributed by atoms with E-state index in [1.165, 1.54) is 18.4 Å². The number of halogens is 3. The van der Waals surface area contributed by atoms with Gasteiger partial charge in [0.25, 0.3) is 0 Å². The fourth-order valence-electron chi connectivity index (χ4n) is 3.52. The molecule has 3 heterocycles. The van der Waals surface area contributed by atoms with Crippen molar-refractivity contribution in [2.45, 2.75) is 38.5 Å². The average Bonchev–Trinajstić information content (AvgIpc) is 3.14. The molecule has 146 valence electrons. The van der Waals surface area contributed by atoms with Gasteiger partial charge in [0.15, 0.2) is 0 Å². The van der Waals surface area contributed by atoms with Crippen LogP contribution in [0.25, 0.3) is 0 Å². The number of amides is 1. The Morgan fingerprint density at radius 2 is 2.00 bits per heavy atom. The second-order valence-electron chi connectivity index (χ2n) is 6.69. The lowest BCUT2D eigenvalue weighted by Crippen LogP contribution is -2.44. The van der Waals surface area contributed by atoms with E-state index in [0.29, 0.717) is 12.0 Å². The van der Waals surface area contributed by atoms with Crippen LogP contribution in [0.1, 0.15) is 25.3 Å². The van der Waals surface area contributed by atoms with E-state index in [4.69, 9.17) is 9.90 Å². The van der Waals surface area contributed by atoms with Crippen molar-refractivity contribution >= 4 is 11.9 Å². The summed E-state index contributed by atoms with van der Waals surface area (Å²) in [4.78, 5) is 25.0. The van der Waals surface area contributed by atoms with Crippen LogP contribution in [0.4, 0.5) is 13.2 Å². The summed E-state index contributed by atoms with van der Waals surface area (Å²) in [5, 5.41) is 11.4. The Morgan fingerprint density at radius 3 is 2.50 bits per heavy atom. The number of carbonyl (C=O) groups is 2. The maximum atomic E-state index is 11.6. The summed E-state index contributed by atoms with van der Waals surface area (Å²) in [5.41, 5.74) is 1.27. The number of nitrogens with zero attached hydrogens (tertiary/aromatic N) is 4. The molecule has 2 fully saturated rings. The molecule has 2 atom stereocenters. The van der Waals surface area contributed by atoms with Crippen LogP contribution in [0.3, 0.4) is 0 Å². The van der Waals surface area contributed by atoms with Crippen molar-refractivity contribution in [2.24, 2.45) is 13.0 Å². The maximum absolute atomic E-state index is 11.6. The largest absolute Gasteiger partial charge is 0.490 e. The minimum Gasteiger partial charge on any atom is -0.475 e. The van der Waals surface area contributed by atoms with Crippen molar-refractivity contribution in [3.63, 3.8) is 0 Å². The predicted molar refractivity (Wildman–Crippen MR) is 86.1 cm³/mol. The number of carbonyl (C=O) groups excluding carboxylic acids is 1. The Kier molecular flexibility index (Phi) is 6.27. The fourth-order valence-corrected chi connectivity index (χ4v) is 3.52. The van der Waals surface area contributed by atoms with Crippen LogP contribution in [-0.4, -0.2) is 68.4 Å². The normalized spacial score (nSPS) is 23.2. The van der Waals surface area contributed by atoms with E-state index in [9.17, 15) is 18.0 Å². The monoisotopic (exact) mass is 376 g/mol. The molecule has 0 aliphatic carbocycles. The minimum atomic E-state index is -5.08. The highest BCUT2D eigenvalue weighted by Gasteiger charge is 2.40. The number of piperidine rings is 1. The molecule has 0 spiro atoms. The average molecular weight is 376 g/mol. The first-order chi connectivity index (χ1) is 12.1. The Morgan fingerprint density at radius 1 is 1.35 bits per heavy atom. The third kappa shape index (κ3) is 5.20. The number of likely N-dealkylation sites (tertiary alicyclic amines) is 2. The first-order valence-corrected chi connectivity index (χ1v) is 8.35. The Bertz CT molecular complexity index is 647. The van der Waals surface area contributed by atoms with Crippen LogP contribution in [0.2, 0.25) is 0 Å². The molecule has 0 unspecified atom stereocenters. The summed E-state index contributed by atoms with van der Waals surface area (Å²) in [5.74, 6) is -1.88. The highest BCUT2D eigenvalue weighted by atomic mass is 19.4. The van der Waals surface area contributed by atoms with Gasteiger partial charge in [0.1, 0.15) is 0 Å². The third-order valence-electron chi connectivity index (χ3n) is 4.73. The van der Waals surface area contributed by atoms with E-state index in [0.717, 1.165) is 26.2 Å². The number of alkyl halides is 3. The maximum Gasteiger partial charge on any atom is 0.490 e. The van der Waals surface area contributed by atoms with Gasteiger partial charge in [0.2, 0.25) is 5.91 Å². The van der Waals surface area contributed by atoms with Crippen molar-refractivity contribution < 1.29 is 27.9 Å². The number of hydrogen-bond donors (Lipinski definition) is 1. The smallest absolute Gasteiger partial charge is 0.475 e. The number of hydrogen-bond acceptors (Lipinski definition) is 4. The molecule has 10 heteroatoms. The molecule has 7 nitrogen and oxygen atoms in total. The molecule has 3 rings (SSSR count). The number of carboxylic acids is 1. The van der Waals surface area contributed by atoms with E-state index in [-0.39, 0.29) is 5.91 Å². The summed E-state index contributed by atoms with van der Waals surface area (Å²) in [7, 11) is 1.95. The molecule has 26 heavy (non-hydrogen) atoms. The van der Waals surface area contributed by atoms with Gasteiger partial charge in [-0.05, 0) is 25.3 Å². The van der Waals surface area contributed by atoms with Crippen molar-refractivity contribution in [1.29, 1.82) is 0 Å². The highest BCUT2D eigenvalue weighted by Crippen LogP contribution is 2.31. The number of carboxylic acid groups (broad SMARTS) is 1. The lowest BCUT2D eigenvalue weighted by atomic mass is 9.92. The van der Waals surface area contributed by atoms with Gasteiger partial charge < -0.3 is 10.0 Å². The molecular weight excluding hydrogens is 353 g/mol. The van der Waals surface area contributed by atoms with Gasteiger partial charge >= 0.3 is 12.1 Å². The number of aromatic nitrogens is 2. The molecule has 0 aromatic carbocycles. The molecule has 1 aromatic heterocycles. The van der Waals surface area contributed by atoms with Crippen LogP contribution in [0.15, 0.2) is 12.4 Å². The summed E-state index contributed by atoms with van der Waals surface area (Å²) in [6, 6.07) is 0.540. The number of aliphatic carboxylic acids is 1. The van der Waals surface area contributed by atoms with E-state index in [1.54, 1.807) is 6.92 Å². The summed E-state index contributed by atoms with van der Waals surface area (Å²) < 4.78 is 33.6. The van der Waals surface area contributed by atoms with Gasteiger partial charge in [-0.3, -0.25) is 14.4 Å². The standard InChI is InChI=1S/C14H22N4O.C2HF3O2/c1-11(19)18-9-13-4-3-5-17(14(13)10-18)8-12-6-15-16(2)7-12;3-2(4,5)1(6)7/h6-7,13-14H,3-5,8-10H2,1-2H3;(H,6,7)/t13-,14+;/m1./s1. The number of rotatable bonds is 2. The minimum absolute atomic E-state index is 0.218. The molecule has 1 amide bonds. The molecular formula is C16H23F3N4O3. The SMILES string of the molecule is CC(=O)N1C[C@H]2CCCN(Cc3cnn(C)c3)[C@H]2C1.O=C(O)C(F)(F)F. The third-order valence-corrected chi connectivity index (χ3v) is 4.73. The summed E-state index contributed by atoms with van der Waals surface area (Å²) >= 11 is 0. The van der Waals surface area contributed by atoms with Gasteiger partial charge in [-0.15, -0.1) is 0 Å². The fraction of sp³-hybridized carbons (Fsp3) is 0.688. The molecule has 2 aliphatic rings. The molecule has 0 bridgehead atoms. The second-order valence-corrected chi connectivity index (χ2v) is 6.69. The van der Waals surface area contributed by atoms with E-state index in [1.807, 2.05) is 22.8 Å². The molecule has 1 aromatic rings.